The molecule has 0 N–H and O–H groups in total. The molecule has 1 atom stereocenters. The van der Waals surface area contributed by atoms with Gasteiger partial charge in [-0.2, -0.15) is 0 Å². The van der Waals surface area contributed by atoms with E-state index in [-0.39, 0.29) is 0 Å². The van der Waals surface area contributed by atoms with Crippen molar-refractivity contribution in [2.24, 2.45) is 0 Å². The van der Waals surface area contributed by atoms with Crippen LogP contribution in [0.4, 0.5) is 0 Å². The standard InChI is InChI=1S/C16H16O3S2/c1-21(17,18)14-8-6-13(7-9-14)19-10-12-11-20-16-5-3-2-4-15(12)16/h2-9,12H,10-11H2,1H3. The number of hydrogen-bond acceptors (Lipinski definition) is 4. The Hall–Kier alpha value is -1.46. The van der Waals surface area contributed by atoms with Crippen molar-refractivity contribution in [1.29, 1.82) is 0 Å². The molecule has 1 aliphatic rings. The highest BCUT2D eigenvalue weighted by molar-refractivity contribution is 7.99. The molecule has 3 rings (SSSR count). The van der Waals surface area contributed by atoms with Gasteiger partial charge >= 0.3 is 0 Å². The number of hydrogen-bond donors (Lipinski definition) is 0. The first kappa shape index (κ1) is 14.5. The van der Waals surface area contributed by atoms with Crippen molar-refractivity contribution in [3.8, 4) is 5.75 Å². The van der Waals surface area contributed by atoms with Gasteiger partial charge in [0, 0.05) is 22.8 Å². The molecule has 0 aromatic heterocycles. The second kappa shape index (κ2) is 5.73. The summed E-state index contributed by atoms with van der Waals surface area (Å²) in [6.45, 7) is 0.613. The van der Waals surface area contributed by atoms with Crippen molar-refractivity contribution < 1.29 is 13.2 Å². The van der Waals surface area contributed by atoms with Gasteiger partial charge in [-0.05, 0) is 35.9 Å². The van der Waals surface area contributed by atoms with Gasteiger partial charge in [0.15, 0.2) is 9.84 Å². The molecular formula is C16H16O3S2. The van der Waals surface area contributed by atoms with Crippen molar-refractivity contribution in [2.75, 3.05) is 18.6 Å². The van der Waals surface area contributed by atoms with Gasteiger partial charge in [0.25, 0.3) is 0 Å². The van der Waals surface area contributed by atoms with E-state index in [2.05, 4.69) is 24.3 Å². The zero-order valence-electron chi connectivity index (χ0n) is 11.7. The number of ether oxygens (including phenoxy) is 1. The van der Waals surface area contributed by atoms with Gasteiger partial charge in [-0.3, -0.25) is 0 Å². The average molecular weight is 320 g/mol. The molecule has 0 saturated carbocycles. The molecule has 5 heteroatoms. The van der Waals surface area contributed by atoms with Gasteiger partial charge in [-0.15, -0.1) is 11.8 Å². The fraction of sp³-hybridized carbons (Fsp3) is 0.250. The summed E-state index contributed by atoms with van der Waals surface area (Å²) in [5, 5.41) is 0. The van der Waals surface area contributed by atoms with Gasteiger partial charge in [0.2, 0.25) is 0 Å². The zero-order valence-corrected chi connectivity index (χ0v) is 13.3. The summed E-state index contributed by atoms with van der Waals surface area (Å²) in [4.78, 5) is 1.65. The largest absolute Gasteiger partial charge is 0.493 e. The molecule has 2 aromatic carbocycles. The van der Waals surface area contributed by atoms with Crippen molar-refractivity contribution in [2.45, 2.75) is 15.7 Å². The van der Waals surface area contributed by atoms with Crippen LogP contribution in [-0.4, -0.2) is 27.0 Å². The van der Waals surface area contributed by atoms with Crippen LogP contribution >= 0.6 is 11.8 Å². The van der Waals surface area contributed by atoms with E-state index in [4.69, 9.17) is 4.74 Å². The van der Waals surface area contributed by atoms with Gasteiger partial charge < -0.3 is 4.74 Å². The minimum atomic E-state index is -3.15. The predicted octanol–water partition coefficient (Wildman–Crippen LogP) is 3.36. The van der Waals surface area contributed by atoms with Crippen LogP contribution in [-0.2, 0) is 9.84 Å². The molecule has 21 heavy (non-hydrogen) atoms. The van der Waals surface area contributed by atoms with Gasteiger partial charge in [-0.25, -0.2) is 8.42 Å². The van der Waals surface area contributed by atoms with E-state index in [0.717, 1.165) is 5.75 Å². The first-order valence-corrected chi connectivity index (χ1v) is 9.56. The monoisotopic (exact) mass is 320 g/mol. The number of thioether (sulfide) groups is 1. The maximum atomic E-state index is 11.4. The van der Waals surface area contributed by atoms with E-state index in [9.17, 15) is 8.42 Å². The van der Waals surface area contributed by atoms with E-state index in [1.807, 2.05) is 11.8 Å². The van der Waals surface area contributed by atoms with E-state index in [1.54, 1.807) is 24.3 Å². The average Bonchev–Trinajstić information content (AvgIpc) is 2.88. The topological polar surface area (TPSA) is 43.4 Å². The zero-order chi connectivity index (χ0) is 14.9. The van der Waals surface area contributed by atoms with Crippen LogP contribution in [0.2, 0.25) is 0 Å². The van der Waals surface area contributed by atoms with Crippen LogP contribution in [0.5, 0.6) is 5.75 Å². The normalized spacial score (nSPS) is 17.5. The summed E-state index contributed by atoms with van der Waals surface area (Å²) in [6.07, 6.45) is 1.20. The SMILES string of the molecule is CS(=O)(=O)c1ccc(OCC2CSc3ccccc32)cc1. The highest BCUT2D eigenvalue weighted by Crippen LogP contribution is 2.39. The molecule has 0 spiro atoms. The van der Waals surface area contributed by atoms with Crippen molar-refractivity contribution in [1.82, 2.24) is 0 Å². The van der Waals surface area contributed by atoms with Gasteiger partial charge in [-0.1, -0.05) is 18.2 Å². The summed E-state index contributed by atoms with van der Waals surface area (Å²) in [5.41, 5.74) is 1.34. The van der Waals surface area contributed by atoms with E-state index >= 15 is 0 Å². The van der Waals surface area contributed by atoms with Crippen LogP contribution in [0, 0.1) is 0 Å². The third-order valence-corrected chi connectivity index (χ3v) is 5.88. The summed E-state index contributed by atoms with van der Waals surface area (Å²) in [5.74, 6) is 2.12. The van der Waals surface area contributed by atoms with Crippen molar-refractivity contribution >= 4 is 21.6 Å². The van der Waals surface area contributed by atoms with Gasteiger partial charge in [0.05, 0.1) is 11.5 Å². The smallest absolute Gasteiger partial charge is 0.175 e. The lowest BCUT2D eigenvalue weighted by Gasteiger charge is -2.12. The molecule has 0 bridgehead atoms. The first-order chi connectivity index (χ1) is 10.0. The van der Waals surface area contributed by atoms with Crippen LogP contribution in [0.3, 0.4) is 0 Å². The second-order valence-electron chi connectivity index (χ2n) is 5.10. The minimum Gasteiger partial charge on any atom is -0.493 e. The third-order valence-electron chi connectivity index (χ3n) is 3.50. The van der Waals surface area contributed by atoms with Crippen LogP contribution < -0.4 is 4.74 Å². The Bertz CT molecular complexity index is 736. The summed E-state index contributed by atoms with van der Waals surface area (Å²) in [6, 6.07) is 15.0. The molecule has 110 valence electrons. The molecular weight excluding hydrogens is 304 g/mol. The van der Waals surface area contributed by atoms with Crippen LogP contribution in [0.15, 0.2) is 58.3 Å². The molecule has 3 nitrogen and oxygen atoms in total. The number of rotatable bonds is 4. The number of sulfone groups is 1. The lowest BCUT2D eigenvalue weighted by atomic mass is 10.0. The minimum absolute atomic E-state index is 0.316. The number of benzene rings is 2. The van der Waals surface area contributed by atoms with Crippen LogP contribution in [0.25, 0.3) is 0 Å². The highest BCUT2D eigenvalue weighted by atomic mass is 32.2. The molecule has 2 aromatic rings. The lowest BCUT2D eigenvalue weighted by Crippen LogP contribution is -2.09. The summed E-state index contributed by atoms with van der Waals surface area (Å²) >= 11 is 1.86. The maximum Gasteiger partial charge on any atom is 0.175 e. The van der Waals surface area contributed by atoms with Crippen LogP contribution in [0.1, 0.15) is 11.5 Å². The highest BCUT2D eigenvalue weighted by Gasteiger charge is 2.23. The molecule has 0 fully saturated rings. The number of fused-ring (bicyclic) bond motifs is 1. The third kappa shape index (κ3) is 3.24. The van der Waals surface area contributed by atoms with E-state index in [0.29, 0.717) is 23.2 Å². The lowest BCUT2D eigenvalue weighted by molar-refractivity contribution is 0.298. The molecule has 0 saturated heterocycles. The Morgan fingerprint density at radius 1 is 1.14 bits per heavy atom. The molecule has 1 heterocycles. The Morgan fingerprint density at radius 3 is 2.57 bits per heavy atom. The molecule has 0 radical (unpaired) electrons. The fourth-order valence-corrected chi connectivity index (χ4v) is 4.21. The summed E-state index contributed by atoms with van der Waals surface area (Å²) in [7, 11) is -3.15. The van der Waals surface area contributed by atoms with Crippen molar-refractivity contribution in [3.63, 3.8) is 0 Å². The quantitative estimate of drug-likeness (QED) is 0.866. The Labute approximate surface area is 129 Å². The molecule has 0 aliphatic carbocycles. The molecule has 1 aliphatic heterocycles. The van der Waals surface area contributed by atoms with Gasteiger partial charge in [0.1, 0.15) is 5.75 Å². The molecule has 1 unspecified atom stereocenters. The first-order valence-electron chi connectivity index (χ1n) is 6.69. The Morgan fingerprint density at radius 2 is 1.86 bits per heavy atom. The van der Waals surface area contributed by atoms with E-state index in [1.165, 1.54) is 16.7 Å². The van der Waals surface area contributed by atoms with E-state index < -0.39 is 9.84 Å². The Kier molecular flexibility index (Phi) is 3.95. The fourth-order valence-electron chi connectivity index (χ4n) is 2.35. The predicted molar refractivity (Wildman–Crippen MR) is 85.0 cm³/mol. The molecule has 0 amide bonds. The van der Waals surface area contributed by atoms with Crippen molar-refractivity contribution in [3.05, 3.63) is 54.1 Å². The summed E-state index contributed by atoms with van der Waals surface area (Å²) < 4.78 is 28.6. The Balaban J connectivity index is 1.67. The second-order valence-corrected chi connectivity index (χ2v) is 8.18. The maximum absolute atomic E-state index is 11.4.